The molecule has 0 unspecified atom stereocenters. The number of benzene rings is 1. The third kappa shape index (κ3) is 2.01. The van der Waals surface area contributed by atoms with E-state index in [1.165, 1.54) is 28.6 Å². The zero-order valence-electron chi connectivity index (χ0n) is 10.0. The number of fused-ring (bicyclic) bond motifs is 2. The molecular formula is C11H13N3O4S. The summed E-state index contributed by atoms with van der Waals surface area (Å²) in [6.45, 7) is 1.15. The molecule has 19 heavy (non-hydrogen) atoms. The lowest BCUT2D eigenvalue weighted by Gasteiger charge is -2.26. The van der Waals surface area contributed by atoms with Crippen LogP contribution in [0.2, 0.25) is 0 Å². The van der Waals surface area contributed by atoms with Gasteiger partial charge in [-0.15, -0.1) is 0 Å². The van der Waals surface area contributed by atoms with Crippen molar-refractivity contribution in [1.29, 1.82) is 0 Å². The van der Waals surface area contributed by atoms with Crippen molar-refractivity contribution in [1.82, 2.24) is 9.62 Å². The Hall–Kier alpha value is -1.51. The van der Waals surface area contributed by atoms with Gasteiger partial charge in [-0.25, -0.2) is 8.42 Å². The fourth-order valence-electron chi connectivity index (χ4n) is 2.69. The Balaban J connectivity index is 1.90. The van der Waals surface area contributed by atoms with Gasteiger partial charge >= 0.3 is 0 Å². The molecule has 1 aromatic rings. The lowest BCUT2D eigenvalue weighted by atomic mass is 10.2. The van der Waals surface area contributed by atoms with Crippen LogP contribution in [-0.2, 0) is 10.0 Å². The maximum absolute atomic E-state index is 12.4. The minimum Gasteiger partial charge on any atom is -0.311 e. The van der Waals surface area contributed by atoms with E-state index in [2.05, 4.69) is 5.32 Å². The molecule has 0 aliphatic carbocycles. The van der Waals surface area contributed by atoms with Crippen LogP contribution in [0.5, 0.6) is 0 Å². The van der Waals surface area contributed by atoms with Gasteiger partial charge in [0.1, 0.15) is 0 Å². The first-order chi connectivity index (χ1) is 8.98. The number of piperazine rings is 1. The highest BCUT2D eigenvalue weighted by Gasteiger charge is 2.44. The van der Waals surface area contributed by atoms with Gasteiger partial charge in [0.2, 0.25) is 10.0 Å². The average molecular weight is 283 g/mol. The predicted molar refractivity (Wildman–Crippen MR) is 67.2 cm³/mol. The van der Waals surface area contributed by atoms with Crippen LogP contribution in [0, 0.1) is 10.1 Å². The monoisotopic (exact) mass is 283 g/mol. The molecule has 0 saturated carbocycles. The molecule has 1 N–H and O–H groups in total. The molecule has 1 aromatic carbocycles. The quantitative estimate of drug-likeness (QED) is 0.637. The van der Waals surface area contributed by atoms with Gasteiger partial charge in [0, 0.05) is 37.3 Å². The van der Waals surface area contributed by atoms with Gasteiger partial charge in [0.15, 0.2) is 0 Å². The number of nitro benzene ring substituents is 1. The first-order valence-electron chi connectivity index (χ1n) is 5.98. The normalized spacial score (nSPS) is 26.7. The van der Waals surface area contributed by atoms with Crippen molar-refractivity contribution in [2.75, 3.05) is 13.1 Å². The molecule has 0 amide bonds. The molecule has 2 saturated heterocycles. The van der Waals surface area contributed by atoms with Crippen LogP contribution in [0.25, 0.3) is 0 Å². The SMILES string of the molecule is O=[N+]([O-])c1ccc(S(=O)(=O)N2C[C@@H]3C[C@H]2CN3)cc1. The van der Waals surface area contributed by atoms with E-state index in [1.807, 2.05) is 0 Å². The minimum absolute atomic E-state index is 0.00481. The molecule has 2 atom stereocenters. The molecule has 2 bridgehead atoms. The van der Waals surface area contributed by atoms with Gasteiger partial charge in [-0.3, -0.25) is 10.1 Å². The fraction of sp³-hybridized carbons (Fsp3) is 0.455. The number of sulfonamides is 1. The molecule has 0 radical (unpaired) electrons. The summed E-state index contributed by atoms with van der Waals surface area (Å²) in [5.74, 6) is 0. The molecule has 0 aromatic heterocycles. The predicted octanol–water partition coefficient (Wildman–Crippen LogP) is 0.330. The third-order valence-electron chi connectivity index (χ3n) is 3.66. The Bertz CT molecular complexity index is 613. The van der Waals surface area contributed by atoms with Crippen molar-refractivity contribution in [2.45, 2.75) is 23.4 Å². The molecule has 7 nitrogen and oxygen atoms in total. The zero-order valence-corrected chi connectivity index (χ0v) is 10.8. The summed E-state index contributed by atoms with van der Waals surface area (Å²) in [6.07, 6.45) is 0.839. The summed E-state index contributed by atoms with van der Waals surface area (Å²) in [4.78, 5) is 10.1. The topological polar surface area (TPSA) is 92.5 Å². The standard InChI is InChI=1S/C11H13N3O4S/c15-14(16)9-1-3-11(4-2-9)19(17,18)13-7-8-5-10(13)6-12-8/h1-4,8,10,12H,5-7H2/t8-,10-/m0/s1. The van der Waals surface area contributed by atoms with E-state index in [9.17, 15) is 18.5 Å². The van der Waals surface area contributed by atoms with Crippen molar-refractivity contribution in [3.63, 3.8) is 0 Å². The summed E-state index contributed by atoms with van der Waals surface area (Å²) < 4.78 is 26.4. The first kappa shape index (κ1) is 12.5. The summed E-state index contributed by atoms with van der Waals surface area (Å²) in [5, 5.41) is 13.8. The Morgan fingerprint density at radius 1 is 1.32 bits per heavy atom. The van der Waals surface area contributed by atoms with E-state index in [4.69, 9.17) is 0 Å². The van der Waals surface area contributed by atoms with Gasteiger partial charge in [-0.2, -0.15) is 4.31 Å². The molecule has 2 fully saturated rings. The summed E-state index contributed by atoms with van der Waals surface area (Å²) in [6, 6.07) is 5.28. The van der Waals surface area contributed by atoms with E-state index in [-0.39, 0.29) is 22.7 Å². The summed E-state index contributed by atoms with van der Waals surface area (Å²) >= 11 is 0. The Morgan fingerprint density at radius 2 is 2.00 bits per heavy atom. The second kappa shape index (κ2) is 4.26. The molecule has 2 heterocycles. The van der Waals surface area contributed by atoms with Crippen molar-refractivity contribution in [3.05, 3.63) is 34.4 Å². The van der Waals surface area contributed by atoms with Crippen molar-refractivity contribution in [3.8, 4) is 0 Å². The average Bonchev–Trinajstić information content (AvgIpc) is 3.01. The number of rotatable bonds is 3. The second-order valence-electron chi connectivity index (χ2n) is 4.82. The van der Waals surface area contributed by atoms with Crippen LogP contribution in [0.4, 0.5) is 5.69 Å². The van der Waals surface area contributed by atoms with E-state index in [0.717, 1.165) is 6.42 Å². The van der Waals surface area contributed by atoms with Crippen LogP contribution in [-0.4, -0.2) is 42.8 Å². The Labute approximate surface area is 110 Å². The number of hydrogen-bond acceptors (Lipinski definition) is 5. The van der Waals surface area contributed by atoms with E-state index in [1.54, 1.807) is 0 Å². The van der Waals surface area contributed by atoms with Crippen LogP contribution in [0.3, 0.4) is 0 Å². The number of non-ortho nitro benzene ring substituents is 1. The van der Waals surface area contributed by atoms with E-state index < -0.39 is 14.9 Å². The van der Waals surface area contributed by atoms with Gasteiger partial charge in [0.05, 0.1) is 9.82 Å². The fourth-order valence-corrected chi connectivity index (χ4v) is 4.37. The van der Waals surface area contributed by atoms with Crippen LogP contribution < -0.4 is 5.32 Å². The van der Waals surface area contributed by atoms with Crippen LogP contribution in [0.15, 0.2) is 29.2 Å². The second-order valence-corrected chi connectivity index (χ2v) is 6.71. The highest BCUT2D eigenvalue weighted by molar-refractivity contribution is 7.89. The molecule has 102 valence electrons. The van der Waals surface area contributed by atoms with Crippen LogP contribution in [0.1, 0.15) is 6.42 Å². The highest BCUT2D eigenvalue weighted by Crippen LogP contribution is 2.30. The van der Waals surface area contributed by atoms with Gasteiger partial charge in [-0.05, 0) is 18.6 Å². The third-order valence-corrected chi connectivity index (χ3v) is 5.59. The molecular weight excluding hydrogens is 270 g/mol. The first-order valence-corrected chi connectivity index (χ1v) is 7.42. The minimum atomic E-state index is -3.54. The Morgan fingerprint density at radius 3 is 2.47 bits per heavy atom. The lowest BCUT2D eigenvalue weighted by Crippen LogP contribution is -2.46. The number of hydrogen-bond donors (Lipinski definition) is 1. The maximum Gasteiger partial charge on any atom is 0.269 e. The molecule has 2 aliphatic rings. The number of nitrogens with zero attached hydrogens (tertiary/aromatic N) is 2. The summed E-state index contributed by atoms with van der Waals surface area (Å²) in [5.41, 5.74) is -0.108. The van der Waals surface area contributed by atoms with Crippen LogP contribution >= 0.6 is 0 Å². The lowest BCUT2D eigenvalue weighted by molar-refractivity contribution is -0.384. The Kier molecular flexibility index (Phi) is 2.80. The number of nitro groups is 1. The van der Waals surface area contributed by atoms with E-state index >= 15 is 0 Å². The molecule has 8 heteroatoms. The molecule has 3 rings (SSSR count). The van der Waals surface area contributed by atoms with Crippen molar-refractivity contribution in [2.24, 2.45) is 0 Å². The highest BCUT2D eigenvalue weighted by atomic mass is 32.2. The van der Waals surface area contributed by atoms with E-state index in [0.29, 0.717) is 13.1 Å². The largest absolute Gasteiger partial charge is 0.311 e. The maximum atomic E-state index is 12.4. The summed E-state index contributed by atoms with van der Waals surface area (Å²) in [7, 11) is -3.54. The molecule has 0 spiro atoms. The number of nitrogens with one attached hydrogen (secondary N) is 1. The zero-order chi connectivity index (χ0) is 13.6. The molecule has 2 aliphatic heterocycles. The van der Waals surface area contributed by atoms with Gasteiger partial charge in [-0.1, -0.05) is 0 Å². The van der Waals surface area contributed by atoms with Gasteiger partial charge < -0.3 is 5.32 Å². The van der Waals surface area contributed by atoms with Crippen molar-refractivity contribution < 1.29 is 13.3 Å². The van der Waals surface area contributed by atoms with Crippen molar-refractivity contribution >= 4 is 15.7 Å². The van der Waals surface area contributed by atoms with Gasteiger partial charge in [0.25, 0.3) is 5.69 Å². The smallest absolute Gasteiger partial charge is 0.269 e.